The number of hydrogen-bond acceptors (Lipinski definition) is 17. The number of piperidine rings is 1. The van der Waals surface area contributed by atoms with E-state index >= 15 is 0 Å². The molecule has 7 amide bonds. The van der Waals surface area contributed by atoms with Gasteiger partial charge in [-0.1, -0.05) is 38.5 Å². The van der Waals surface area contributed by atoms with E-state index in [4.69, 9.17) is 14.6 Å². The van der Waals surface area contributed by atoms with E-state index in [1.807, 2.05) is 30.0 Å². The smallest absolute Gasteiger partial charge is 0.323 e. The Hall–Kier alpha value is -6.81. The highest BCUT2D eigenvalue weighted by molar-refractivity contribution is 6.08. The Balaban J connectivity index is 1.00. The monoisotopic (exact) mass is 1090 g/mol. The molecule has 4 aliphatic rings. The molecule has 0 aromatic heterocycles. The molecule has 0 aliphatic carbocycles. The van der Waals surface area contributed by atoms with Crippen molar-refractivity contribution in [3.8, 4) is 0 Å². The van der Waals surface area contributed by atoms with Gasteiger partial charge < -0.3 is 66.9 Å². The number of aryl methyl sites for hydroxylation is 1. The quantitative estimate of drug-likeness (QED) is 0.0248. The number of nitrogens with zero attached hydrogens (tertiary/aromatic N) is 4. The minimum atomic E-state index is -1.31. The van der Waals surface area contributed by atoms with E-state index in [9.17, 15) is 63.0 Å². The van der Waals surface area contributed by atoms with Crippen molar-refractivity contribution in [3.63, 3.8) is 0 Å². The Morgan fingerprint density at radius 2 is 1.45 bits per heavy atom. The number of anilines is 1. The van der Waals surface area contributed by atoms with E-state index in [-0.39, 0.29) is 76.7 Å². The van der Waals surface area contributed by atoms with Gasteiger partial charge >= 0.3 is 23.9 Å². The van der Waals surface area contributed by atoms with Crippen LogP contribution in [-0.4, -0.2) is 224 Å². The largest absolute Gasteiger partial charge is 0.480 e. The van der Waals surface area contributed by atoms with Crippen molar-refractivity contribution in [1.29, 1.82) is 0 Å². The molecule has 0 spiro atoms. The normalized spacial score (nSPS) is 20.0. The van der Waals surface area contributed by atoms with E-state index in [2.05, 4.69) is 37.2 Å². The SMILES string of the molecule is CC[C@H](C)[C@H](NC(=O)CCNC(=O)CCNC(=O)CN(CC(=O)O)C(=O)CN1CCC(CNCCN(CCNCC(=O)O)CC(=O)O)CC1)C(=O)N[C@H]1CCc2cccc3c2N(C1=O)[C@H](C(=O)NC1CC(=O)OC1OC)C3. The van der Waals surface area contributed by atoms with Gasteiger partial charge in [-0.2, -0.15) is 0 Å². The summed E-state index contributed by atoms with van der Waals surface area (Å²) < 4.78 is 10.3. The molecule has 5 rings (SSSR count). The first-order chi connectivity index (χ1) is 36.8. The van der Waals surface area contributed by atoms with Crippen molar-refractivity contribution >= 4 is 70.9 Å². The van der Waals surface area contributed by atoms with Gasteiger partial charge in [-0.15, -0.1) is 0 Å². The van der Waals surface area contributed by atoms with E-state index < -0.39 is 109 Å². The molecule has 27 nitrogen and oxygen atoms in total. The predicted octanol–water partition coefficient (Wildman–Crippen LogP) is -3.40. The van der Waals surface area contributed by atoms with Gasteiger partial charge in [0.1, 0.15) is 37.3 Å². The number of para-hydroxylation sites is 1. The van der Waals surface area contributed by atoms with Gasteiger partial charge in [0, 0.05) is 65.6 Å². The van der Waals surface area contributed by atoms with E-state index in [1.54, 1.807) is 11.8 Å². The zero-order valence-electron chi connectivity index (χ0n) is 44.0. The van der Waals surface area contributed by atoms with Crippen LogP contribution in [0.5, 0.6) is 0 Å². The second kappa shape index (κ2) is 30.2. The third-order valence-corrected chi connectivity index (χ3v) is 14.1. The number of benzene rings is 1. The summed E-state index contributed by atoms with van der Waals surface area (Å²) in [4.78, 5) is 145. The fourth-order valence-electron chi connectivity index (χ4n) is 9.75. The summed E-state index contributed by atoms with van der Waals surface area (Å²) in [5.41, 5.74) is 2.23. The number of carbonyl (C=O) groups excluding carboxylic acids is 8. The van der Waals surface area contributed by atoms with Crippen LogP contribution in [0.25, 0.3) is 0 Å². The molecule has 1 aromatic rings. The number of amides is 7. The van der Waals surface area contributed by atoms with Crippen molar-refractivity contribution in [1.82, 2.24) is 51.9 Å². The molecular weight excluding hydrogens is 1010 g/mol. The molecule has 2 fully saturated rings. The van der Waals surface area contributed by atoms with Crippen molar-refractivity contribution in [2.24, 2.45) is 11.8 Å². The van der Waals surface area contributed by atoms with Crippen LogP contribution in [-0.2, 0) is 75.1 Å². The van der Waals surface area contributed by atoms with Crippen LogP contribution >= 0.6 is 0 Å². The lowest BCUT2D eigenvalue weighted by molar-refractivity contribution is -0.160. The molecule has 0 radical (unpaired) electrons. The number of likely N-dealkylation sites (tertiary alicyclic amines) is 1. The fraction of sp³-hybridized carbons (Fsp3) is 0.660. The molecule has 27 heteroatoms. The number of carbonyl (C=O) groups is 11. The van der Waals surface area contributed by atoms with Gasteiger partial charge in [0.25, 0.3) is 0 Å². The second-order valence-electron chi connectivity index (χ2n) is 19.8. The number of aliphatic carboxylic acids is 3. The number of ether oxygens (including phenoxy) is 2. The predicted molar refractivity (Wildman–Crippen MR) is 273 cm³/mol. The van der Waals surface area contributed by atoms with Crippen LogP contribution in [0.3, 0.4) is 0 Å². The maximum atomic E-state index is 14.3. The van der Waals surface area contributed by atoms with Crippen molar-refractivity contribution in [2.75, 3.05) is 104 Å². The number of cyclic esters (lactones) is 1. The summed E-state index contributed by atoms with van der Waals surface area (Å²) in [6, 6.07) is 1.72. The Kier molecular flexibility index (Phi) is 24.0. The van der Waals surface area contributed by atoms with Crippen LogP contribution in [0, 0.1) is 11.8 Å². The molecule has 1 aromatic carbocycles. The lowest BCUT2D eigenvalue weighted by Crippen LogP contribution is -2.59. The summed E-state index contributed by atoms with van der Waals surface area (Å²) in [5, 5.41) is 47.1. The molecule has 426 valence electrons. The number of hydrogen-bond donors (Lipinski definition) is 10. The van der Waals surface area contributed by atoms with Crippen molar-refractivity contribution in [2.45, 2.75) is 102 Å². The lowest BCUT2D eigenvalue weighted by atomic mass is 9.97. The maximum Gasteiger partial charge on any atom is 0.323 e. The lowest BCUT2D eigenvalue weighted by Gasteiger charge is -2.33. The average Bonchev–Trinajstić information content (AvgIpc) is 3.97. The number of methoxy groups -OCH3 is 1. The van der Waals surface area contributed by atoms with Crippen LogP contribution in [0.2, 0.25) is 0 Å². The zero-order chi connectivity index (χ0) is 56.2. The first-order valence-electron chi connectivity index (χ1n) is 26.2. The Labute approximate surface area is 446 Å². The van der Waals surface area contributed by atoms with Gasteiger partial charge in [0.15, 0.2) is 0 Å². The third-order valence-electron chi connectivity index (χ3n) is 14.1. The first-order valence-corrected chi connectivity index (χ1v) is 26.2. The molecule has 4 aliphatic heterocycles. The summed E-state index contributed by atoms with van der Waals surface area (Å²) in [6.45, 7) is 5.01. The van der Waals surface area contributed by atoms with Crippen molar-refractivity contribution in [3.05, 3.63) is 29.3 Å². The fourth-order valence-corrected chi connectivity index (χ4v) is 9.75. The summed E-state index contributed by atoms with van der Waals surface area (Å²) in [5.74, 6) is -7.83. The molecule has 4 heterocycles. The van der Waals surface area contributed by atoms with Crippen LogP contribution in [0.15, 0.2) is 18.2 Å². The molecule has 0 bridgehead atoms. The highest BCUT2D eigenvalue weighted by atomic mass is 16.7. The number of esters is 1. The average molecular weight is 1090 g/mol. The van der Waals surface area contributed by atoms with Gasteiger partial charge in [0.2, 0.25) is 47.6 Å². The Morgan fingerprint density at radius 1 is 0.792 bits per heavy atom. The number of nitrogens with one attached hydrogen (secondary N) is 7. The minimum absolute atomic E-state index is 0.101. The van der Waals surface area contributed by atoms with E-state index in [1.165, 1.54) is 12.0 Å². The zero-order valence-corrected chi connectivity index (χ0v) is 44.0. The molecule has 2 unspecified atom stereocenters. The highest BCUT2D eigenvalue weighted by Gasteiger charge is 2.46. The summed E-state index contributed by atoms with van der Waals surface area (Å²) in [7, 11) is 1.35. The standard InChI is InChI=1S/C50H75N11O16/c1-4-30(2)45(48(74)55-34-9-8-32-6-5-7-33-22-36(61(46(32)33)49(34)75)47(73)56-35-23-44(72)77-50(35)76-3)57-38(63)11-15-53-37(62)10-14-54-39(64)26-60(29-43(70)71)40(65)27-58-18-12-31(13-19-58)24-51-16-20-59(28-42(68)69)21-17-52-25-41(66)67/h5-7,30-31,34-36,45,50-52H,4,8-29H2,1-3H3,(H,53,62)(H,54,64)(H,55,74)(H,56,73)(H,57,63)(H,66,67)(H,68,69)(H,70,71)/t30-,34-,35?,36-,45-,50?/m0/s1. The summed E-state index contributed by atoms with van der Waals surface area (Å²) >= 11 is 0. The number of rotatable bonds is 32. The molecule has 0 saturated carbocycles. The van der Waals surface area contributed by atoms with Gasteiger partial charge in [-0.25, -0.2) is 0 Å². The molecule has 77 heavy (non-hydrogen) atoms. The molecule has 6 atom stereocenters. The second-order valence-corrected chi connectivity index (χ2v) is 19.8. The number of carboxylic acids is 3. The first kappa shape index (κ1) is 61.0. The van der Waals surface area contributed by atoms with Crippen LogP contribution in [0.4, 0.5) is 5.69 Å². The van der Waals surface area contributed by atoms with Gasteiger partial charge in [-0.05, 0) is 68.3 Å². The molecular formula is C50H75N11O16. The minimum Gasteiger partial charge on any atom is -0.480 e. The van der Waals surface area contributed by atoms with E-state index in [0.717, 1.165) is 28.9 Å². The van der Waals surface area contributed by atoms with Gasteiger partial charge in [-0.3, -0.25) is 67.4 Å². The number of carboxylic acid groups (broad SMARTS) is 3. The summed E-state index contributed by atoms with van der Waals surface area (Å²) in [6.07, 6.45) is 1.33. The van der Waals surface area contributed by atoms with Crippen LogP contribution in [0.1, 0.15) is 69.9 Å². The van der Waals surface area contributed by atoms with Crippen molar-refractivity contribution < 1.29 is 77.5 Å². The van der Waals surface area contributed by atoms with Crippen LogP contribution < -0.4 is 42.1 Å². The van der Waals surface area contributed by atoms with Gasteiger partial charge in [0.05, 0.1) is 31.7 Å². The Morgan fingerprint density at radius 3 is 2.12 bits per heavy atom. The maximum absolute atomic E-state index is 14.3. The van der Waals surface area contributed by atoms with E-state index in [0.29, 0.717) is 64.3 Å². The third kappa shape index (κ3) is 19.0. The Bertz CT molecular complexity index is 2300. The molecule has 10 N–H and O–H groups in total. The molecule has 2 saturated heterocycles. The topological polar surface area (TPSA) is 364 Å². The highest BCUT2D eigenvalue weighted by Crippen LogP contribution is 2.39.